The molecule has 0 radical (unpaired) electrons. The standard InChI is InChI=1S/C3H7FO.C3H7F/c1-3(4)5-2;1-2-3-4/h3H,1-2H3;2-3H2,1H3. The summed E-state index contributed by atoms with van der Waals surface area (Å²) in [7, 11) is 1.32. The normalized spacial score (nSPS) is 11.7. The molecule has 0 aromatic rings. The van der Waals surface area contributed by atoms with E-state index >= 15 is 0 Å². The number of halogens is 2. The maximum absolute atomic E-state index is 11.2. The molecule has 0 spiro atoms. The molecule has 0 aliphatic heterocycles. The minimum Gasteiger partial charge on any atom is -0.352 e. The van der Waals surface area contributed by atoms with Crippen molar-refractivity contribution in [1.29, 1.82) is 0 Å². The van der Waals surface area contributed by atoms with Crippen LogP contribution < -0.4 is 0 Å². The quantitative estimate of drug-likeness (QED) is 0.572. The second kappa shape index (κ2) is 10.7. The molecule has 0 bridgehead atoms. The Bertz CT molecular complexity index is 38.0. The van der Waals surface area contributed by atoms with Crippen LogP contribution in [0.2, 0.25) is 0 Å². The van der Waals surface area contributed by atoms with Crippen molar-refractivity contribution in [2.75, 3.05) is 13.8 Å². The molecule has 0 aliphatic rings. The van der Waals surface area contributed by atoms with E-state index in [1.54, 1.807) is 6.92 Å². The summed E-state index contributed by atoms with van der Waals surface area (Å²) in [5.74, 6) is 0. The van der Waals surface area contributed by atoms with E-state index in [4.69, 9.17) is 0 Å². The van der Waals surface area contributed by atoms with Crippen LogP contribution in [-0.2, 0) is 4.74 Å². The van der Waals surface area contributed by atoms with Crippen molar-refractivity contribution < 1.29 is 13.5 Å². The van der Waals surface area contributed by atoms with E-state index in [0.29, 0.717) is 6.42 Å². The van der Waals surface area contributed by atoms with E-state index in [9.17, 15) is 8.78 Å². The second-order valence-corrected chi connectivity index (χ2v) is 1.47. The zero-order valence-electron chi connectivity index (χ0n) is 6.16. The van der Waals surface area contributed by atoms with E-state index in [-0.39, 0.29) is 6.67 Å². The van der Waals surface area contributed by atoms with Crippen molar-refractivity contribution in [3.63, 3.8) is 0 Å². The van der Waals surface area contributed by atoms with Gasteiger partial charge in [-0.15, -0.1) is 0 Å². The Balaban J connectivity index is 0. The molecule has 0 rings (SSSR count). The molecule has 0 saturated heterocycles. The fourth-order valence-electron chi connectivity index (χ4n) is 0. The van der Waals surface area contributed by atoms with Gasteiger partial charge in [0.15, 0.2) is 6.36 Å². The largest absolute Gasteiger partial charge is 0.352 e. The van der Waals surface area contributed by atoms with Crippen LogP contribution in [-0.4, -0.2) is 20.1 Å². The molecule has 0 fully saturated rings. The van der Waals surface area contributed by atoms with Crippen molar-refractivity contribution in [3.05, 3.63) is 0 Å². The molecular formula is C6H14F2O. The van der Waals surface area contributed by atoms with Gasteiger partial charge in [0.1, 0.15) is 0 Å². The summed E-state index contributed by atoms with van der Waals surface area (Å²) in [6, 6.07) is 0. The summed E-state index contributed by atoms with van der Waals surface area (Å²) in [6.07, 6.45) is -0.463. The van der Waals surface area contributed by atoms with Gasteiger partial charge in [0.2, 0.25) is 0 Å². The van der Waals surface area contributed by atoms with Crippen LogP contribution >= 0.6 is 0 Å². The molecule has 1 atom stereocenters. The average Bonchev–Trinajstić information content (AvgIpc) is 1.89. The van der Waals surface area contributed by atoms with Gasteiger partial charge in [0.25, 0.3) is 0 Å². The molecule has 9 heavy (non-hydrogen) atoms. The lowest BCUT2D eigenvalue weighted by atomic mass is 10.6. The van der Waals surface area contributed by atoms with Crippen LogP contribution in [0.1, 0.15) is 20.3 Å². The molecule has 0 saturated carbocycles. The van der Waals surface area contributed by atoms with Crippen LogP contribution in [0.5, 0.6) is 0 Å². The minimum atomic E-state index is -1.12. The molecule has 3 heteroatoms. The first-order chi connectivity index (χ1) is 4.18. The minimum absolute atomic E-state index is 0.181. The highest BCUT2D eigenvalue weighted by atomic mass is 19.1. The number of rotatable bonds is 2. The lowest BCUT2D eigenvalue weighted by Crippen LogP contribution is -1.91. The molecule has 58 valence electrons. The fraction of sp³-hybridized carbons (Fsp3) is 1.00. The Labute approximate surface area is 55.0 Å². The van der Waals surface area contributed by atoms with Crippen molar-refractivity contribution in [2.45, 2.75) is 26.6 Å². The van der Waals surface area contributed by atoms with Crippen molar-refractivity contribution in [2.24, 2.45) is 0 Å². The molecule has 0 aliphatic carbocycles. The number of alkyl halides is 2. The lowest BCUT2D eigenvalue weighted by molar-refractivity contribution is 0.0113. The highest BCUT2D eigenvalue weighted by Gasteiger charge is 1.84. The summed E-state index contributed by atoms with van der Waals surface area (Å²) >= 11 is 0. The number of methoxy groups -OCH3 is 1. The molecule has 0 N–H and O–H groups in total. The third-order valence-electron chi connectivity index (χ3n) is 0.514. The molecule has 0 aromatic heterocycles. The fourth-order valence-corrected chi connectivity index (χ4v) is 0. The topological polar surface area (TPSA) is 9.23 Å². The summed E-state index contributed by atoms with van der Waals surface area (Å²) in [5.41, 5.74) is 0. The van der Waals surface area contributed by atoms with Gasteiger partial charge in [0, 0.05) is 7.11 Å². The molecule has 1 unspecified atom stereocenters. The average molecular weight is 140 g/mol. The Morgan fingerprint density at radius 3 is 1.78 bits per heavy atom. The van der Waals surface area contributed by atoms with Gasteiger partial charge in [-0.25, -0.2) is 4.39 Å². The van der Waals surface area contributed by atoms with Crippen molar-refractivity contribution in [3.8, 4) is 0 Å². The number of hydrogen-bond acceptors (Lipinski definition) is 1. The summed E-state index contributed by atoms with van der Waals surface area (Å²) in [4.78, 5) is 0. The van der Waals surface area contributed by atoms with Gasteiger partial charge in [-0.2, -0.15) is 0 Å². The Kier molecular flexibility index (Phi) is 13.8. The highest BCUT2D eigenvalue weighted by Crippen LogP contribution is 1.82. The monoisotopic (exact) mass is 140 g/mol. The summed E-state index contributed by atoms with van der Waals surface area (Å²) < 4.78 is 26.0. The Morgan fingerprint density at radius 1 is 1.56 bits per heavy atom. The van der Waals surface area contributed by atoms with Gasteiger partial charge in [-0.05, 0) is 13.3 Å². The van der Waals surface area contributed by atoms with Crippen LogP contribution in [0.4, 0.5) is 8.78 Å². The number of hydrogen-bond donors (Lipinski definition) is 0. The van der Waals surface area contributed by atoms with Crippen molar-refractivity contribution in [1.82, 2.24) is 0 Å². The van der Waals surface area contributed by atoms with Gasteiger partial charge >= 0.3 is 0 Å². The van der Waals surface area contributed by atoms with Crippen LogP contribution in [0.3, 0.4) is 0 Å². The van der Waals surface area contributed by atoms with E-state index in [2.05, 4.69) is 4.74 Å². The third kappa shape index (κ3) is 33.3. The lowest BCUT2D eigenvalue weighted by Gasteiger charge is -1.90. The zero-order valence-corrected chi connectivity index (χ0v) is 6.16. The first-order valence-corrected chi connectivity index (χ1v) is 2.91. The first kappa shape index (κ1) is 11.6. The van der Waals surface area contributed by atoms with E-state index in [1.807, 2.05) is 0 Å². The summed E-state index contributed by atoms with van der Waals surface area (Å²) in [5, 5.41) is 0. The summed E-state index contributed by atoms with van der Waals surface area (Å²) in [6.45, 7) is 2.96. The first-order valence-electron chi connectivity index (χ1n) is 2.91. The molecular weight excluding hydrogens is 126 g/mol. The van der Waals surface area contributed by atoms with Gasteiger partial charge in [-0.1, -0.05) is 6.92 Å². The highest BCUT2D eigenvalue weighted by molar-refractivity contribution is 4.12. The molecule has 1 nitrogen and oxygen atoms in total. The smallest absolute Gasteiger partial charge is 0.195 e. The number of ether oxygens (including phenoxy) is 1. The predicted molar refractivity (Wildman–Crippen MR) is 33.8 cm³/mol. The molecule has 0 amide bonds. The van der Waals surface area contributed by atoms with Crippen molar-refractivity contribution >= 4 is 0 Å². The Hall–Kier alpha value is -0.180. The Morgan fingerprint density at radius 2 is 1.78 bits per heavy atom. The molecule has 0 heterocycles. The third-order valence-corrected chi connectivity index (χ3v) is 0.514. The van der Waals surface area contributed by atoms with Gasteiger partial charge in [-0.3, -0.25) is 4.39 Å². The predicted octanol–water partition coefficient (Wildman–Crippen LogP) is 2.31. The van der Waals surface area contributed by atoms with E-state index in [0.717, 1.165) is 0 Å². The van der Waals surface area contributed by atoms with Gasteiger partial charge in [0.05, 0.1) is 6.67 Å². The van der Waals surface area contributed by atoms with E-state index < -0.39 is 6.36 Å². The van der Waals surface area contributed by atoms with E-state index in [1.165, 1.54) is 14.0 Å². The van der Waals surface area contributed by atoms with Crippen LogP contribution in [0, 0.1) is 0 Å². The van der Waals surface area contributed by atoms with Crippen LogP contribution in [0.15, 0.2) is 0 Å². The molecule has 0 aromatic carbocycles. The maximum Gasteiger partial charge on any atom is 0.195 e. The SMILES string of the molecule is CCCF.COC(C)F. The van der Waals surface area contributed by atoms with Gasteiger partial charge < -0.3 is 4.74 Å². The van der Waals surface area contributed by atoms with Crippen LogP contribution in [0.25, 0.3) is 0 Å². The maximum atomic E-state index is 11.2. The second-order valence-electron chi connectivity index (χ2n) is 1.47. The zero-order chi connectivity index (χ0) is 7.70.